The van der Waals surface area contributed by atoms with Gasteiger partial charge in [-0.1, -0.05) is 58.2 Å². The molecule has 1 unspecified atom stereocenters. The molecule has 0 aromatic rings. The molecule has 12 heteroatoms. The minimum absolute atomic E-state index is 0.0379. The minimum atomic E-state index is -1.31. The number of amides is 2. The molecule has 5 atom stereocenters. The van der Waals surface area contributed by atoms with Gasteiger partial charge in [0.1, 0.15) is 12.1 Å². The smallest absolute Gasteiger partial charge is 0.326 e. The van der Waals surface area contributed by atoms with E-state index >= 15 is 0 Å². The Morgan fingerprint density at radius 1 is 0.892 bits per heavy atom. The van der Waals surface area contributed by atoms with Crippen LogP contribution in [0.15, 0.2) is 0 Å². The molecule has 0 aromatic carbocycles. The predicted octanol–water partition coefficient (Wildman–Crippen LogP) is 1.18. The van der Waals surface area contributed by atoms with Crippen molar-refractivity contribution in [3.05, 3.63) is 0 Å². The second-order valence-corrected chi connectivity index (χ2v) is 10.7. The molecule has 7 N–H and O–H groups in total. The maximum Gasteiger partial charge on any atom is 0.326 e. The maximum atomic E-state index is 13.0. The van der Waals surface area contributed by atoms with Crippen molar-refractivity contribution in [3.8, 4) is 0 Å². The van der Waals surface area contributed by atoms with Crippen LogP contribution in [0.25, 0.3) is 0 Å². The lowest BCUT2D eigenvalue weighted by molar-refractivity contribution is -0.140. The van der Waals surface area contributed by atoms with Gasteiger partial charge in [0, 0.05) is 6.42 Å². The summed E-state index contributed by atoms with van der Waals surface area (Å²) >= 11 is 5.25. The first-order valence-electron chi connectivity index (χ1n) is 13.1. The number of carboxylic acids is 2. The molecule has 0 saturated heterocycles. The Balaban J connectivity index is 2.77. The molecule has 1 fully saturated rings. The summed E-state index contributed by atoms with van der Waals surface area (Å²) in [5.74, 6) is -3.06. The van der Waals surface area contributed by atoms with Crippen LogP contribution in [0.2, 0.25) is 0 Å². The molecule has 11 nitrogen and oxygen atoms in total. The zero-order valence-corrected chi connectivity index (χ0v) is 23.1. The van der Waals surface area contributed by atoms with Gasteiger partial charge in [0.25, 0.3) is 0 Å². The molecule has 0 aliphatic heterocycles. The second kappa shape index (κ2) is 16.5. The first kappa shape index (κ1) is 32.7. The standard InChI is InChI=1S/C25H44N4O7S/c1-14(2)20(25(35)36)29-24(37)15(3)27-23(34)21(16(4)30)28-22(33)18(10-11-19(31)32)26-13-12-17-8-6-5-7-9-17/h14-18,20-21,26,30H,5-13H2,1-4H3,(H,27,34)(H,28,33)(H,29,37)(H,31,32)(H,35,36)/t15-,16?,18-,20-,21-/m0/s1. The molecular weight excluding hydrogens is 500 g/mol. The van der Waals surface area contributed by atoms with E-state index in [-0.39, 0.29) is 23.7 Å². The first-order chi connectivity index (χ1) is 17.3. The molecule has 1 aliphatic rings. The van der Waals surface area contributed by atoms with Gasteiger partial charge >= 0.3 is 11.9 Å². The summed E-state index contributed by atoms with van der Waals surface area (Å²) in [6.07, 6.45) is 5.39. The quantitative estimate of drug-likeness (QED) is 0.140. The van der Waals surface area contributed by atoms with Crippen molar-refractivity contribution in [2.45, 2.75) is 109 Å². The predicted molar refractivity (Wildman–Crippen MR) is 143 cm³/mol. The Bertz CT molecular complexity index is 787. The van der Waals surface area contributed by atoms with E-state index in [0.717, 1.165) is 19.3 Å². The summed E-state index contributed by atoms with van der Waals surface area (Å²) in [4.78, 5) is 48.6. The molecule has 212 valence electrons. The molecule has 0 heterocycles. The molecule has 37 heavy (non-hydrogen) atoms. The number of carboxylic acid groups (broad SMARTS) is 2. The van der Waals surface area contributed by atoms with Crippen LogP contribution in [0.4, 0.5) is 0 Å². The Kier molecular flexibility index (Phi) is 14.6. The molecule has 2 amide bonds. The fourth-order valence-electron chi connectivity index (χ4n) is 4.35. The summed E-state index contributed by atoms with van der Waals surface area (Å²) in [5.41, 5.74) is 0. The fraction of sp³-hybridized carbons (Fsp3) is 0.800. The van der Waals surface area contributed by atoms with Crippen LogP contribution >= 0.6 is 12.2 Å². The van der Waals surface area contributed by atoms with Gasteiger partial charge in [0.15, 0.2) is 0 Å². The summed E-state index contributed by atoms with van der Waals surface area (Å²) < 4.78 is 0. The van der Waals surface area contributed by atoms with Crippen molar-refractivity contribution in [1.29, 1.82) is 0 Å². The van der Waals surface area contributed by atoms with Crippen molar-refractivity contribution < 1.29 is 34.5 Å². The SMILES string of the molecule is CC(C)[C@H](NC(=S)[C@H](C)NC(=O)[C@@H](NC(=O)[C@H](CCC(=O)O)NCCC1CCCCC1)C(C)O)C(=O)O. The lowest BCUT2D eigenvalue weighted by Gasteiger charge is -2.28. The van der Waals surface area contributed by atoms with Gasteiger partial charge in [0.05, 0.1) is 23.2 Å². The van der Waals surface area contributed by atoms with Gasteiger partial charge < -0.3 is 36.6 Å². The highest BCUT2D eigenvalue weighted by Crippen LogP contribution is 2.25. The lowest BCUT2D eigenvalue weighted by Crippen LogP contribution is -2.59. The number of aliphatic hydroxyl groups excluding tert-OH is 1. The highest BCUT2D eigenvalue weighted by Gasteiger charge is 2.31. The molecule has 1 aliphatic carbocycles. The third-order valence-corrected chi connectivity index (χ3v) is 7.15. The van der Waals surface area contributed by atoms with Crippen molar-refractivity contribution in [2.75, 3.05) is 6.54 Å². The number of aliphatic carboxylic acids is 2. The number of nitrogens with one attached hydrogen (secondary N) is 4. The summed E-state index contributed by atoms with van der Waals surface area (Å²) in [5, 5.41) is 39.6. The molecule has 1 saturated carbocycles. The van der Waals surface area contributed by atoms with E-state index in [1.54, 1.807) is 20.8 Å². The van der Waals surface area contributed by atoms with Crippen LogP contribution in [-0.4, -0.2) is 80.9 Å². The zero-order chi connectivity index (χ0) is 28.1. The van der Waals surface area contributed by atoms with Crippen molar-refractivity contribution in [1.82, 2.24) is 21.3 Å². The van der Waals surface area contributed by atoms with Gasteiger partial charge in [-0.2, -0.15) is 0 Å². The maximum absolute atomic E-state index is 13.0. The Hall–Kier alpha value is -2.31. The van der Waals surface area contributed by atoms with Crippen molar-refractivity contribution in [2.24, 2.45) is 11.8 Å². The van der Waals surface area contributed by atoms with Gasteiger partial charge in [-0.3, -0.25) is 14.4 Å². The fourth-order valence-corrected chi connectivity index (χ4v) is 4.54. The van der Waals surface area contributed by atoms with Gasteiger partial charge in [0.2, 0.25) is 11.8 Å². The number of hydrogen-bond donors (Lipinski definition) is 7. The van der Waals surface area contributed by atoms with E-state index in [9.17, 15) is 29.4 Å². The van der Waals surface area contributed by atoms with Crippen LogP contribution in [0.5, 0.6) is 0 Å². The van der Waals surface area contributed by atoms with Gasteiger partial charge in [-0.25, -0.2) is 4.79 Å². The molecule has 1 rings (SSSR count). The topological polar surface area (TPSA) is 177 Å². The first-order valence-corrected chi connectivity index (χ1v) is 13.5. The van der Waals surface area contributed by atoms with Crippen LogP contribution < -0.4 is 21.3 Å². The third-order valence-electron chi connectivity index (χ3n) is 6.68. The van der Waals surface area contributed by atoms with E-state index in [2.05, 4.69) is 21.3 Å². The van der Waals surface area contributed by atoms with Crippen molar-refractivity contribution >= 4 is 41.0 Å². The highest BCUT2D eigenvalue weighted by atomic mass is 32.1. The Labute approximate surface area is 224 Å². The van der Waals surface area contributed by atoms with Crippen molar-refractivity contribution in [3.63, 3.8) is 0 Å². The van der Waals surface area contributed by atoms with Crippen LogP contribution in [-0.2, 0) is 19.2 Å². The molecule has 0 radical (unpaired) electrons. The highest BCUT2D eigenvalue weighted by molar-refractivity contribution is 7.80. The number of aliphatic hydroxyl groups is 1. The van der Waals surface area contributed by atoms with Crippen LogP contribution in [0, 0.1) is 11.8 Å². The average molecular weight is 545 g/mol. The average Bonchev–Trinajstić information content (AvgIpc) is 2.82. The molecular formula is C25H44N4O7S. The van der Waals surface area contributed by atoms with E-state index in [4.69, 9.17) is 17.3 Å². The normalized spacial score (nSPS) is 18.2. The number of carbonyl (C=O) groups is 4. The van der Waals surface area contributed by atoms with E-state index in [1.165, 1.54) is 26.2 Å². The third kappa shape index (κ3) is 12.2. The summed E-state index contributed by atoms with van der Waals surface area (Å²) in [7, 11) is 0. The van der Waals surface area contributed by atoms with Crippen LogP contribution in [0.3, 0.4) is 0 Å². The van der Waals surface area contributed by atoms with E-state index < -0.39 is 54.0 Å². The summed E-state index contributed by atoms with van der Waals surface area (Å²) in [6.45, 7) is 6.91. The Morgan fingerprint density at radius 2 is 1.51 bits per heavy atom. The molecule has 0 spiro atoms. The number of rotatable bonds is 16. The largest absolute Gasteiger partial charge is 0.481 e. The number of carbonyl (C=O) groups excluding carboxylic acids is 2. The number of thiocarbonyl (C=S) groups is 1. The lowest BCUT2D eigenvalue weighted by atomic mass is 9.87. The summed E-state index contributed by atoms with van der Waals surface area (Å²) in [6, 6.07) is -3.85. The Morgan fingerprint density at radius 3 is 2.03 bits per heavy atom. The van der Waals surface area contributed by atoms with E-state index in [1.807, 2.05) is 0 Å². The second-order valence-electron chi connectivity index (χ2n) is 10.3. The molecule has 0 bridgehead atoms. The van der Waals surface area contributed by atoms with Crippen LogP contribution in [0.1, 0.15) is 79.1 Å². The number of hydrogen-bond acceptors (Lipinski definition) is 7. The monoisotopic (exact) mass is 544 g/mol. The molecule has 0 aromatic heterocycles. The van der Waals surface area contributed by atoms with Gasteiger partial charge in [-0.05, 0) is 45.1 Å². The van der Waals surface area contributed by atoms with E-state index in [0.29, 0.717) is 12.5 Å². The van der Waals surface area contributed by atoms with Gasteiger partial charge in [-0.15, -0.1) is 0 Å². The zero-order valence-electron chi connectivity index (χ0n) is 22.3. The minimum Gasteiger partial charge on any atom is -0.481 e.